The molecule has 0 aliphatic carbocycles. The topological polar surface area (TPSA) is 87.7 Å². The summed E-state index contributed by atoms with van der Waals surface area (Å²) in [6, 6.07) is 8.60. The Bertz CT molecular complexity index is 906. The van der Waals surface area contributed by atoms with Gasteiger partial charge in [0.25, 0.3) is 0 Å². The smallest absolute Gasteiger partial charge is 0.338 e. The van der Waals surface area contributed by atoms with Gasteiger partial charge >= 0.3 is 12.0 Å². The van der Waals surface area contributed by atoms with Crippen LogP contribution in [0.5, 0.6) is 0 Å². The van der Waals surface area contributed by atoms with E-state index in [1.807, 2.05) is 19.9 Å². The Morgan fingerprint density at radius 3 is 2.39 bits per heavy atom. The summed E-state index contributed by atoms with van der Waals surface area (Å²) in [5.41, 5.74) is 2.07. The van der Waals surface area contributed by atoms with Crippen LogP contribution in [-0.4, -0.2) is 59.7 Å². The van der Waals surface area contributed by atoms with E-state index in [4.69, 9.17) is 9.72 Å². The lowest BCUT2D eigenvalue weighted by Gasteiger charge is -2.35. The number of rotatable bonds is 6. The highest BCUT2D eigenvalue weighted by Gasteiger charge is 2.23. The molecule has 0 bridgehead atoms. The molecule has 1 aromatic heterocycles. The molecule has 1 aromatic carbocycles. The third kappa shape index (κ3) is 5.93. The minimum atomic E-state index is -0.351. The van der Waals surface area contributed by atoms with Crippen molar-refractivity contribution < 1.29 is 14.3 Å². The fourth-order valence-corrected chi connectivity index (χ4v) is 3.30. The molecule has 31 heavy (non-hydrogen) atoms. The van der Waals surface area contributed by atoms with Gasteiger partial charge in [-0.3, -0.25) is 0 Å². The van der Waals surface area contributed by atoms with E-state index in [9.17, 15) is 9.59 Å². The molecule has 1 fully saturated rings. The normalized spacial score (nSPS) is 14.0. The SMILES string of the molecule is CCCOC(=O)c1ccc(NC(=O)N2CCN(c3cc(C)nc(C(C)C)n3)CC2)cc1. The number of nitrogens with one attached hydrogen (secondary N) is 1. The van der Waals surface area contributed by atoms with Gasteiger partial charge in [0, 0.05) is 49.5 Å². The number of benzene rings is 1. The highest BCUT2D eigenvalue weighted by Crippen LogP contribution is 2.19. The third-order valence-corrected chi connectivity index (χ3v) is 5.07. The van der Waals surface area contributed by atoms with Crippen LogP contribution in [0.4, 0.5) is 16.3 Å². The number of hydrogen-bond acceptors (Lipinski definition) is 6. The van der Waals surface area contributed by atoms with Crippen LogP contribution < -0.4 is 10.2 Å². The van der Waals surface area contributed by atoms with Crippen molar-refractivity contribution in [2.45, 2.75) is 40.0 Å². The number of urea groups is 1. The standard InChI is InChI=1S/C23H31N5O3/c1-5-14-31-22(29)18-6-8-19(9-7-18)25-23(30)28-12-10-27(11-13-28)20-15-17(4)24-21(26-20)16(2)3/h6-9,15-16H,5,10-14H2,1-4H3,(H,25,30). The van der Waals surface area contributed by atoms with Gasteiger partial charge < -0.3 is 19.9 Å². The molecule has 0 atom stereocenters. The van der Waals surface area contributed by atoms with Crippen LogP contribution in [0.25, 0.3) is 0 Å². The molecule has 8 heteroatoms. The summed E-state index contributed by atoms with van der Waals surface area (Å²) in [6.07, 6.45) is 0.781. The van der Waals surface area contributed by atoms with Gasteiger partial charge in [-0.05, 0) is 37.6 Å². The van der Waals surface area contributed by atoms with Crippen LogP contribution in [0.1, 0.15) is 55.0 Å². The van der Waals surface area contributed by atoms with E-state index < -0.39 is 0 Å². The fraction of sp³-hybridized carbons (Fsp3) is 0.478. The zero-order chi connectivity index (χ0) is 22.4. The number of ether oxygens (including phenoxy) is 1. The molecule has 2 amide bonds. The predicted molar refractivity (Wildman–Crippen MR) is 121 cm³/mol. The van der Waals surface area contributed by atoms with E-state index in [0.29, 0.717) is 44.0 Å². The van der Waals surface area contributed by atoms with Crippen molar-refractivity contribution in [1.82, 2.24) is 14.9 Å². The van der Waals surface area contributed by atoms with Gasteiger partial charge in [-0.15, -0.1) is 0 Å². The summed E-state index contributed by atoms with van der Waals surface area (Å²) < 4.78 is 5.12. The molecule has 1 aliphatic heterocycles. The van der Waals surface area contributed by atoms with E-state index >= 15 is 0 Å². The van der Waals surface area contributed by atoms with Gasteiger partial charge in [-0.2, -0.15) is 0 Å². The molecule has 1 N–H and O–H groups in total. The quantitative estimate of drug-likeness (QED) is 0.708. The van der Waals surface area contributed by atoms with Crippen molar-refractivity contribution in [2.24, 2.45) is 0 Å². The van der Waals surface area contributed by atoms with Crippen LogP contribution in [-0.2, 0) is 4.74 Å². The molecule has 0 spiro atoms. The first-order chi connectivity index (χ1) is 14.9. The zero-order valence-electron chi connectivity index (χ0n) is 18.7. The predicted octanol–water partition coefficient (Wildman–Crippen LogP) is 3.83. The first-order valence-corrected chi connectivity index (χ1v) is 10.8. The molecule has 0 saturated carbocycles. The van der Waals surface area contributed by atoms with Gasteiger partial charge in [-0.25, -0.2) is 19.6 Å². The molecule has 0 radical (unpaired) electrons. The number of carbonyl (C=O) groups excluding carboxylic acids is 2. The summed E-state index contributed by atoms with van der Waals surface area (Å²) in [5, 5.41) is 2.90. The molecule has 1 saturated heterocycles. The average molecular weight is 426 g/mol. The highest BCUT2D eigenvalue weighted by atomic mass is 16.5. The fourth-order valence-electron chi connectivity index (χ4n) is 3.30. The van der Waals surface area contributed by atoms with Gasteiger partial charge in [-0.1, -0.05) is 20.8 Å². The number of esters is 1. The van der Waals surface area contributed by atoms with Gasteiger partial charge in [0.05, 0.1) is 12.2 Å². The minimum absolute atomic E-state index is 0.150. The zero-order valence-corrected chi connectivity index (χ0v) is 18.7. The Morgan fingerprint density at radius 2 is 1.77 bits per heavy atom. The molecule has 0 unspecified atom stereocenters. The Balaban J connectivity index is 1.54. The Morgan fingerprint density at radius 1 is 1.10 bits per heavy atom. The maximum Gasteiger partial charge on any atom is 0.338 e. The maximum absolute atomic E-state index is 12.6. The van der Waals surface area contributed by atoms with E-state index in [2.05, 4.69) is 29.0 Å². The van der Waals surface area contributed by atoms with Gasteiger partial charge in [0.15, 0.2) is 0 Å². The van der Waals surface area contributed by atoms with E-state index in [0.717, 1.165) is 23.8 Å². The third-order valence-electron chi connectivity index (χ3n) is 5.07. The highest BCUT2D eigenvalue weighted by molar-refractivity contribution is 5.92. The maximum atomic E-state index is 12.6. The monoisotopic (exact) mass is 425 g/mol. The lowest BCUT2D eigenvalue weighted by atomic mass is 10.2. The number of anilines is 2. The van der Waals surface area contributed by atoms with Crippen molar-refractivity contribution in [2.75, 3.05) is 43.0 Å². The molecule has 166 valence electrons. The van der Waals surface area contributed by atoms with Crippen molar-refractivity contribution in [3.05, 3.63) is 47.4 Å². The number of aromatic nitrogens is 2. The molecule has 2 heterocycles. The summed E-state index contributed by atoms with van der Waals surface area (Å²) in [6.45, 7) is 11.1. The van der Waals surface area contributed by atoms with Crippen molar-refractivity contribution >= 4 is 23.5 Å². The lowest BCUT2D eigenvalue weighted by molar-refractivity contribution is 0.0505. The Hall–Kier alpha value is -3.16. The van der Waals surface area contributed by atoms with E-state index in [1.165, 1.54) is 0 Å². The number of hydrogen-bond donors (Lipinski definition) is 1. The molecular formula is C23H31N5O3. The molecule has 1 aliphatic rings. The summed E-state index contributed by atoms with van der Waals surface area (Å²) >= 11 is 0. The second-order valence-corrected chi connectivity index (χ2v) is 8.00. The number of amides is 2. The van der Waals surface area contributed by atoms with Crippen LogP contribution in [0, 0.1) is 6.92 Å². The second-order valence-electron chi connectivity index (χ2n) is 8.00. The summed E-state index contributed by atoms with van der Waals surface area (Å²) in [7, 11) is 0. The average Bonchev–Trinajstić information content (AvgIpc) is 2.77. The number of carbonyl (C=O) groups is 2. The Labute approximate surface area is 183 Å². The summed E-state index contributed by atoms with van der Waals surface area (Å²) in [5.74, 6) is 1.68. The molecular weight excluding hydrogens is 394 g/mol. The van der Waals surface area contributed by atoms with Gasteiger partial charge in [0.1, 0.15) is 11.6 Å². The molecule has 3 rings (SSSR count). The van der Waals surface area contributed by atoms with Gasteiger partial charge in [0.2, 0.25) is 0 Å². The van der Waals surface area contributed by atoms with Crippen molar-refractivity contribution in [3.63, 3.8) is 0 Å². The first-order valence-electron chi connectivity index (χ1n) is 10.8. The second kappa shape index (κ2) is 10.2. The summed E-state index contributed by atoms with van der Waals surface area (Å²) in [4.78, 5) is 37.7. The van der Waals surface area contributed by atoms with Crippen LogP contribution >= 0.6 is 0 Å². The number of nitrogens with zero attached hydrogens (tertiary/aromatic N) is 4. The van der Waals surface area contributed by atoms with Crippen LogP contribution in [0.15, 0.2) is 30.3 Å². The largest absolute Gasteiger partial charge is 0.462 e. The van der Waals surface area contributed by atoms with Crippen LogP contribution in [0.3, 0.4) is 0 Å². The van der Waals surface area contributed by atoms with Crippen molar-refractivity contribution in [1.29, 1.82) is 0 Å². The molecule has 2 aromatic rings. The minimum Gasteiger partial charge on any atom is -0.462 e. The number of piperazine rings is 1. The van der Waals surface area contributed by atoms with E-state index in [-0.39, 0.29) is 17.9 Å². The molecule has 8 nitrogen and oxygen atoms in total. The van der Waals surface area contributed by atoms with Crippen molar-refractivity contribution in [3.8, 4) is 0 Å². The number of aryl methyl sites for hydroxylation is 1. The van der Waals surface area contributed by atoms with Crippen LogP contribution in [0.2, 0.25) is 0 Å². The lowest BCUT2D eigenvalue weighted by Crippen LogP contribution is -2.50. The first kappa shape index (κ1) is 22.5. The Kier molecular flexibility index (Phi) is 7.44. The van der Waals surface area contributed by atoms with E-state index in [1.54, 1.807) is 29.2 Å².